The Morgan fingerprint density at radius 2 is 2.00 bits per heavy atom. The van der Waals surface area contributed by atoms with E-state index in [1.165, 1.54) is 11.1 Å². The van der Waals surface area contributed by atoms with E-state index < -0.39 is 0 Å². The lowest BCUT2D eigenvalue weighted by Gasteiger charge is -2.04. The number of nitrogens with zero attached hydrogens (tertiary/aromatic N) is 4. The number of pyridine rings is 1. The number of aryl methyl sites for hydroxylation is 3. The van der Waals surface area contributed by atoms with Crippen molar-refractivity contribution in [3.63, 3.8) is 0 Å². The Hall–Kier alpha value is -2.67. The molecule has 0 aliphatic carbocycles. The molecule has 20 heavy (non-hydrogen) atoms. The van der Waals surface area contributed by atoms with Gasteiger partial charge < -0.3 is 0 Å². The number of aromatic nitrogens is 3. The first-order valence-electron chi connectivity index (χ1n) is 6.56. The fourth-order valence-electron chi connectivity index (χ4n) is 2.32. The molecule has 0 atom stereocenters. The molecule has 0 fully saturated rings. The molecule has 0 aliphatic rings. The Morgan fingerprint density at radius 1 is 1.15 bits per heavy atom. The van der Waals surface area contributed by atoms with E-state index in [2.05, 4.69) is 47.5 Å². The zero-order valence-corrected chi connectivity index (χ0v) is 11.2. The van der Waals surface area contributed by atoms with Gasteiger partial charge in [0.15, 0.2) is 5.65 Å². The van der Waals surface area contributed by atoms with Gasteiger partial charge in [0.1, 0.15) is 5.82 Å². The molecule has 0 saturated carbocycles. The van der Waals surface area contributed by atoms with Crippen LogP contribution in [0.15, 0.2) is 42.6 Å². The van der Waals surface area contributed by atoms with Crippen LogP contribution in [0.5, 0.6) is 0 Å². The molecule has 0 radical (unpaired) electrons. The summed E-state index contributed by atoms with van der Waals surface area (Å²) in [5, 5.41) is 17.2. The summed E-state index contributed by atoms with van der Waals surface area (Å²) < 4.78 is 1.94. The van der Waals surface area contributed by atoms with Crippen molar-refractivity contribution in [1.29, 1.82) is 5.26 Å². The number of benzene rings is 1. The lowest BCUT2D eigenvalue weighted by molar-refractivity contribution is 0.835. The summed E-state index contributed by atoms with van der Waals surface area (Å²) in [5.41, 5.74) is 3.96. The molecule has 0 unspecified atom stereocenters. The summed E-state index contributed by atoms with van der Waals surface area (Å²) in [7, 11) is 0. The predicted molar refractivity (Wildman–Crippen MR) is 76.3 cm³/mol. The lowest BCUT2D eigenvalue weighted by atomic mass is 10.0. The molecule has 98 valence electrons. The Morgan fingerprint density at radius 3 is 2.80 bits per heavy atom. The highest BCUT2D eigenvalue weighted by Crippen LogP contribution is 2.12. The third-order valence-corrected chi connectivity index (χ3v) is 3.49. The van der Waals surface area contributed by atoms with Crippen molar-refractivity contribution in [3.8, 4) is 6.07 Å². The van der Waals surface area contributed by atoms with Crippen molar-refractivity contribution in [2.45, 2.75) is 19.8 Å². The molecular weight excluding hydrogens is 248 g/mol. The van der Waals surface area contributed by atoms with Crippen LogP contribution in [0.3, 0.4) is 0 Å². The number of hydrogen-bond acceptors (Lipinski definition) is 3. The van der Waals surface area contributed by atoms with Crippen molar-refractivity contribution in [2.75, 3.05) is 0 Å². The SMILES string of the molecule is Cc1ccccc1CCc1nnc2cc(C#N)ccn12. The molecule has 0 aliphatic heterocycles. The molecule has 3 rings (SSSR count). The summed E-state index contributed by atoms with van der Waals surface area (Å²) in [6, 6.07) is 14.0. The highest BCUT2D eigenvalue weighted by molar-refractivity contribution is 5.45. The minimum Gasteiger partial charge on any atom is -0.286 e. The van der Waals surface area contributed by atoms with E-state index in [0.717, 1.165) is 24.3 Å². The predicted octanol–water partition coefficient (Wildman–Crippen LogP) is 2.69. The quantitative estimate of drug-likeness (QED) is 0.729. The lowest BCUT2D eigenvalue weighted by Crippen LogP contribution is -1.99. The van der Waals surface area contributed by atoms with Gasteiger partial charge in [-0.1, -0.05) is 24.3 Å². The fourth-order valence-corrected chi connectivity index (χ4v) is 2.32. The van der Waals surface area contributed by atoms with Gasteiger partial charge in [0, 0.05) is 18.7 Å². The first-order chi connectivity index (χ1) is 9.78. The molecule has 0 saturated heterocycles. The summed E-state index contributed by atoms with van der Waals surface area (Å²) in [4.78, 5) is 0. The van der Waals surface area contributed by atoms with Gasteiger partial charge in [0.25, 0.3) is 0 Å². The Labute approximate surface area is 117 Å². The van der Waals surface area contributed by atoms with Crippen LogP contribution in [0.1, 0.15) is 22.5 Å². The van der Waals surface area contributed by atoms with E-state index in [1.54, 1.807) is 12.1 Å². The smallest absolute Gasteiger partial charge is 0.162 e. The van der Waals surface area contributed by atoms with E-state index >= 15 is 0 Å². The van der Waals surface area contributed by atoms with E-state index in [9.17, 15) is 0 Å². The van der Waals surface area contributed by atoms with E-state index in [4.69, 9.17) is 5.26 Å². The number of nitriles is 1. The standard InChI is InChI=1S/C16H14N4/c1-12-4-2-3-5-14(12)6-7-15-18-19-16-10-13(11-17)8-9-20(15)16/h2-5,8-10H,6-7H2,1H3. The van der Waals surface area contributed by atoms with Gasteiger partial charge in [-0.25, -0.2) is 0 Å². The zero-order chi connectivity index (χ0) is 13.9. The average Bonchev–Trinajstić information content (AvgIpc) is 2.88. The molecule has 1 aromatic carbocycles. The third kappa shape index (κ3) is 2.26. The first kappa shape index (κ1) is 12.4. The van der Waals surface area contributed by atoms with Gasteiger partial charge in [-0.2, -0.15) is 5.26 Å². The summed E-state index contributed by atoms with van der Waals surface area (Å²) in [6.45, 7) is 2.12. The van der Waals surface area contributed by atoms with Crippen molar-refractivity contribution in [1.82, 2.24) is 14.6 Å². The van der Waals surface area contributed by atoms with Gasteiger partial charge in [-0.15, -0.1) is 10.2 Å². The maximum atomic E-state index is 8.88. The van der Waals surface area contributed by atoms with Crippen LogP contribution >= 0.6 is 0 Å². The largest absolute Gasteiger partial charge is 0.286 e. The highest BCUT2D eigenvalue weighted by Gasteiger charge is 2.07. The Balaban J connectivity index is 1.85. The van der Waals surface area contributed by atoms with Gasteiger partial charge >= 0.3 is 0 Å². The van der Waals surface area contributed by atoms with E-state index in [-0.39, 0.29) is 0 Å². The molecular formula is C16H14N4. The molecule has 0 spiro atoms. The minimum absolute atomic E-state index is 0.607. The fraction of sp³-hybridized carbons (Fsp3) is 0.188. The maximum Gasteiger partial charge on any atom is 0.162 e. The molecule has 4 nitrogen and oxygen atoms in total. The second-order valence-corrected chi connectivity index (χ2v) is 4.80. The molecule has 0 amide bonds. The zero-order valence-electron chi connectivity index (χ0n) is 11.2. The summed E-state index contributed by atoms with van der Waals surface area (Å²) in [5.74, 6) is 0.924. The van der Waals surface area contributed by atoms with Crippen LogP contribution in [-0.2, 0) is 12.8 Å². The van der Waals surface area contributed by atoms with Crippen LogP contribution in [0, 0.1) is 18.3 Å². The Kier molecular flexibility index (Phi) is 3.18. The monoisotopic (exact) mass is 262 g/mol. The van der Waals surface area contributed by atoms with Crippen LogP contribution in [0.2, 0.25) is 0 Å². The second-order valence-electron chi connectivity index (χ2n) is 4.80. The molecule has 3 aromatic rings. The normalized spacial score (nSPS) is 10.6. The first-order valence-corrected chi connectivity index (χ1v) is 6.56. The van der Waals surface area contributed by atoms with Crippen LogP contribution in [0.4, 0.5) is 0 Å². The average molecular weight is 262 g/mol. The summed E-state index contributed by atoms with van der Waals surface area (Å²) >= 11 is 0. The molecule has 2 heterocycles. The Bertz CT molecular complexity index is 796. The van der Waals surface area contributed by atoms with Crippen molar-refractivity contribution >= 4 is 5.65 Å². The number of hydrogen-bond donors (Lipinski definition) is 0. The molecule has 0 N–H and O–H groups in total. The van der Waals surface area contributed by atoms with Gasteiger partial charge in [-0.05, 0) is 30.5 Å². The number of rotatable bonds is 3. The molecule has 4 heteroatoms. The van der Waals surface area contributed by atoms with Crippen LogP contribution in [0.25, 0.3) is 5.65 Å². The van der Waals surface area contributed by atoms with Crippen molar-refractivity contribution in [2.24, 2.45) is 0 Å². The van der Waals surface area contributed by atoms with Gasteiger partial charge in [0.2, 0.25) is 0 Å². The summed E-state index contributed by atoms with van der Waals surface area (Å²) in [6.07, 6.45) is 3.63. The van der Waals surface area contributed by atoms with Crippen molar-refractivity contribution in [3.05, 3.63) is 65.1 Å². The minimum atomic E-state index is 0.607. The van der Waals surface area contributed by atoms with E-state index in [0.29, 0.717) is 5.56 Å². The van der Waals surface area contributed by atoms with E-state index in [1.807, 2.05) is 10.6 Å². The third-order valence-electron chi connectivity index (χ3n) is 3.49. The second kappa shape index (κ2) is 5.14. The molecule has 0 bridgehead atoms. The maximum absolute atomic E-state index is 8.88. The molecule has 2 aromatic heterocycles. The van der Waals surface area contributed by atoms with Gasteiger partial charge in [-0.3, -0.25) is 4.40 Å². The number of fused-ring (bicyclic) bond motifs is 1. The van der Waals surface area contributed by atoms with Crippen LogP contribution in [-0.4, -0.2) is 14.6 Å². The van der Waals surface area contributed by atoms with Crippen molar-refractivity contribution < 1.29 is 0 Å². The topological polar surface area (TPSA) is 54.0 Å². The van der Waals surface area contributed by atoms with Crippen LogP contribution < -0.4 is 0 Å². The van der Waals surface area contributed by atoms with Gasteiger partial charge in [0.05, 0.1) is 11.6 Å². The highest BCUT2D eigenvalue weighted by atomic mass is 15.2.